The van der Waals surface area contributed by atoms with E-state index in [-0.39, 0.29) is 17.3 Å². The van der Waals surface area contributed by atoms with Crippen LogP contribution in [0.3, 0.4) is 0 Å². The largest absolute Gasteiger partial charge is 0.497 e. The molecule has 2 aliphatic rings. The van der Waals surface area contributed by atoms with Gasteiger partial charge in [0.1, 0.15) is 17.3 Å². The Bertz CT molecular complexity index is 2110. The molecule has 208 valence electrons. The molecule has 0 N–H and O–H groups in total. The number of hydrogen-bond donors (Lipinski definition) is 0. The molecule has 0 unspecified atom stereocenters. The molecule has 1 atom stereocenters. The number of nitro groups is 1. The minimum atomic E-state index is -0.484. The highest BCUT2D eigenvalue weighted by atomic mass is 35.5. The Morgan fingerprint density at radius 3 is 2.67 bits per heavy atom. The second kappa shape index (κ2) is 10.3. The number of hydrogen-bond acceptors (Lipinski definition) is 7. The molecule has 0 fully saturated rings. The maximum atomic E-state index is 14.0. The van der Waals surface area contributed by atoms with E-state index in [9.17, 15) is 14.9 Å². The minimum absolute atomic E-state index is 0.0928. The van der Waals surface area contributed by atoms with E-state index in [0.717, 1.165) is 41.0 Å². The van der Waals surface area contributed by atoms with Gasteiger partial charge in [0.05, 0.1) is 33.3 Å². The average molecular weight is 596 g/mol. The van der Waals surface area contributed by atoms with Crippen molar-refractivity contribution in [3.05, 3.63) is 142 Å². The van der Waals surface area contributed by atoms with Gasteiger partial charge in [0, 0.05) is 29.3 Å². The highest BCUT2D eigenvalue weighted by Crippen LogP contribution is 2.41. The fourth-order valence-electron chi connectivity index (χ4n) is 5.63. The lowest BCUT2D eigenvalue weighted by atomic mass is 9.83. The molecule has 8 nitrogen and oxygen atoms in total. The zero-order valence-corrected chi connectivity index (χ0v) is 23.8. The SMILES string of the molecule is COc1ccc([C@H]2C3=C(N=c4s/c(=C\c5ccc(-c6cc([N+](=O)[O-])ccc6Cl)o5)c(=O)n42)c2ccccc2CC3)cc1. The lowest BCUT2D eigenvalue weighted by Gasteiger charge is -2.30. The summed E-state index contributed by atoms with van der Waals surface area (Å²) in [6.45, 7) is 0. The normalized spacial score (nSPS) is 16.0. The molecule has 0 saturated heterocycles. The number of methoxy groups -OCH3 is 1. The Morgan fingerprint density at radius 1 is 1.07 bits per heavy atom. The van der Waals surface area contributed by atoms with Crippen LogP contribution in [0.4, 0.5) is 5.69 Å². The van der Waals surface area contributed by atoms with Crippen LogP contribution in [0.2, 0.25) is 5.02 Å². The molecule has 1 aliphatic heterocycles. The van der Waals surface area contributed by atoms with Crippen LogP contribution < -0.4 is 19.6 Å². The number of non-ortho nitro benzene ring substituents is 1. The predicted octanol–water partition coefficient (Wildman–Crippen LogP) is 6.15. The quantitative estimate of drug-likeness (QED) is 0.179. The lowest BCUT2D eigenvalue weighted by Crippen LogP contribution is -2.38. The molecule has 0 spiro atoms. The predicted molar refractivity (Wildman–Crippen MR) is 162 cm³/mol. The molecule has 1 aliphatic carbocycles. The number of fused-ring (bicyclic) bond motifs is 3. The number of halogens is 1. The van der Waals surface area contributed by atoms with Gasteiger partial charge in [-0.15, -0.1) is 0 Å². The van der Waals surface area contributed by atoms with Gasteiger partial charge in [-0.1, -0.05) is 59.3 Å². The van der Waals surface area contributed by atoms with Gasteiger partial charge in [-0.2, -0.15) is 0 Å². The van der Waals surface area contributed by atoms with Crippen LogP contribution in [-0.4, -0.2) is 16.6 Å². The van der Waals surface area contributed by atoms with Crippen LogP contribution in [0.5, 0.6) is 5.75 Å². The zero-order valence-electron chi connectivity index (χ0n) is 22.2. The summed E-state index contributed by atoms with van der Waals surface area (Å²) in [7, 11) is 1.63. The fraction of sp³-hybridized carbons (Fsp3) is 0.125. The van der Waals surface area contributed by atoms with E-state index in [4.69, 9.17) is 25.7 Å². The van der Waals surface area contributed by atoms with Gasteiger partial charge in [-0.3, -0.25) is 19.5 Å². The zero-order chi connectivity index (χ0) is 29.0. The van der Waals surface area contributed by atoms with Crippen LogP contribution in [-0.2, 0) is 6.42 Å². The number of ether oxygens (including phenoxy) is 1. The minimum Gasteiger partial charge on any atom is -0.497 e. The third-order valence-electron chi connectivity index (χ3n) is 7.63. The van der Waals surface area contributed by atoms with Crippen LogP contribution in [0.15, 0.2) is 98.6 Å². The first kappa shape index (κ1) is 26.2. The Balaban J connectivity index is 1.37. The van der Waals surface area contributed by atoms with Crippen LogP contribution in [0, 0.1) is 10.1 Å². The van der Waals surface area contributed by atoms with E-state index in [0.29, 0.717) is 31.4 Å². The van der Waals surface area contributed by atoms with Gasteiger partial charge in [-0.25, -0.2) is 4.99 Å². The summed E-state index contributed by atoms with van der Waals surface area (Å²) in [5, 5.41) is 11.6. The summed E-state index contributed by atoms with van der Waals surface area (Å²) in [4.78, 5) is 30.4. The fourth-order valence-corrected chi connectivity index (χ4v) is 6.82. The van der Waals surface area contributed by atoms with Gasteiger partial charge in [0.25, 0.3) is 11.2 Å². The van der Waals surface area contributed by atoms with Gasteiger partial charge in [0.2, 0.25) is 0 Å². The maximum absolute atomic E-state index is 14.0. The third kappa shape index (κ3) is 4.38. The first-order chi connectivity index (χ1) is 20.4. The van der Waals surface area contributed by atoms with Crippen molar-refractivity contribution < 1.29 is 14.1 Å². The number of furan rings is 1. The van der Waals surface area contributed by atoms with E-state index in [1.807, 2.05) is 36.4 Å². The van der Waals surface area contributed by atoms with Gasteiger partial charge < -0.3 is 9.15 Å². The second-order valence-corrected chi connectivity index (χ2v) is 11.4. The number of aromatic nitrogens is 1. The lowest BCUT2D eigenvalue weighted by molar-refractivity contribution is -0.384. The van der Waals surface area contributed by atoms with Crippen molar-refractivity contribution in [2.75, 3.05) is 7.11 Å². The molecule has 0 bridgehead atoms. The van der Waals surface area contributed by atoms with Gasteiger partial charge >= 0.3 is 0 Å². The van der Waals surface area contributed by atoms with Crippen LogP contribution in [0.1, 0.15) is 34.9 Å². The molecule has 0 radical (unpaired) electrons. The number of aryl methyl sites for hydroxylation is 1. The number of nitro benzene ring substituents is 1. The first-order valence-corrected chi connectivity index (χ1v) is 14.4. The summed E-state index contributed by atoms with van der Waals surface area (Å²) in [6, 6.07) is 23.4. The van der Waals surface area contributed by atoms with Gasteiger partial charge in [-0.05, 0) is 59.9 Å². The summed E-state index contributed by atoms with van der Waals surface area (Å²) in [5.41, 5.74) is 5.49. The maximum Gasteiger partial charge on any atom is 0.271 e. The number of allylic oxidation sites excluding steroid dienone is 1. The van der Waals surface area contributed by atoms with E-state index in [1.165, 1.54) is 35.1 Å². The molecular weight excluding hydrogens is 574 g/mol. The highest BCUT2D eigenvalue weighted by Gasteiger charge is 2.32. The Kier molecular flexibility index (Phi) is 6.41. The summed E-state index contributed by atoms with van der Waals surface area (Å²) < 4.78 is 13.6. The van der Waals surface area contributed by atoms with Crippen molar-refractivity contribution >= 4 is 40.4 Å². The molecule has 7 rings (SSSR count). The van der Waals surface area contributed by atoms with E-state index >= 15 is 0 Å². The molecule has 10 heteroatoms. The molecule has 0 amide bonds. The first-order valence-electron chi connectivity index (χ1n) is 13.2. The van der Waals surface area contributed by atoms with E-state index in [2.05, 4.69) is 12.1 Å². The topological polar surface area (TPSA) is 99.9 Å². The van der Waals surface area contributed by atoms with Gasteiger partial charge in [0.15, 0.2) is 4.80 Å². The van der Waals surface area contributed by atoms with Crippen LogP contribution in [0.25, 0.3) is 23.1 Å². The van der Waals surface area contributed by atoms with Crippen LogP contribution >= 0.6 is 22.9 Å². The molecule has 2 aromatic heterocycles. The molecule has 0 saturated carbocycles. The second-order valence-electron chi connectivity index (χ2n) is 10.0. The number of nitrogens with zero attached hydrogens (tertiary/aromatic N) is 3. The van der Waals surface area contributed by atoms with E-state index < -0.39 is 4.92 Å². The third-order valence-corrected chi connectivity index (χ3v) is 8.94. The molecule has 42 heavy (non-hydrogen) atoms. The number of benzene rings is 3. The van der Waals surface area contributed by atoms with Crippen molar-refractivity contribution in [1.29, 1.82) is 0 Å². The number of thiazole rings is 1. The molecular formula is C32H22ClN3O5S. The average Bonchev–Trinajstić information content (AvgIpc) is 3.60. The van der Waals surface area contributed by atoms with Crippen molar-refractivity contribution in [2.45, 2.75) is 18.9 Å². The van der Waals surface area contributed by atoms with Crippen molar-refractivity contribution in [3.8, 4) is 17.1 Å². The summed E-state index contributed by atoms with van der Waals surface area (Å²) in [6.07, 6.45) is 3.35. The Morgan fingerprint density at radius 2 is 1.88 bits per heavy atom. The van der Waals surface area contributed by atoms with Crippen molar-refractivity contribution in [2.24, 2.45) is 4.99 Å². The summed E-state index contributed by atoms with van der Waals surface area (Å²) >= 11 is 7.62. The molecule has 3 heterocycles. The monoisotopic (exact) mass is 595 g/mol. The van der Waals surface area contributed by atoms with Crippen molar-refractivity contribution in [1.82, 2.24) is 4.57 Å². The smallest absolute Gasteiger partial charge is 0.271 e. The standard InChI is InChI=1S/C32H22ClN3O5S/c1-40-21-10-6-19(7-11-21)30-24-13-8-18-4-2-3-5-23(18)29(24)34-32-35(30)31(37)28(42-32)17-22-12-15-27(41-22)25-16-20(36(38)39)9-14-26(25)33/h2-7,9-12,14-17,30H,8,13H2,1H3/b28-17-/t30-/m0/s1. The Hall–Kier alpha value is -4.73. The van der Waals surface area contributed by atoms with E-state index in [1.54, 1.807) is 29.9 Å². The highest BCUT2D eigenvalue weighted by molar-refractivity contribution is 7.07. The van der Waals surface area contributed by atoms with Crippen molar-refractivity contribution in [3.63, 3.8) is 0 Å². The molecule has 3 aromatic carbocycles. The number of rotatable bonds is 5. The Labute approximate surface area is 248 Å². The molecule has 5 aromatic rings. The summed E-state index contributed by atoms with van der Waals surface area (Å²) in [5.74, 6) is 1.53.